The van der Waals surface area contributed by atoms with E-state index < -0.39 is 5.97 Å². The molecule has 0 saturated carbocycles. The second-order valence-electron chi connectivity index (χ2n) is 2.87. The number of para-hydroxylation sites is 1. The van der Waals surface area contributed by atoms with Gasteiger partial charge < -0.3 is 14.3 Å². The van der Waals surface area contributed by atoms with E-state index in [1.54, 1.807) is 12.1 Å². The third kappa shape index (κ3) is 2.17. The number of furan rings is 1. The molecule has 1 N–H and O–H groups in total. The zero-order valence-corrected chi connectivity index (χ0v) is 7.71. The van der Waals surface area contributed by atoms with Crippen LogP contribution >= 0.6 is 0 Å². The first-order chi connectivity index (χ1) is 7.25. The summed E-state index contributed by atoms with van der Waals surface area (Å²) < 4.78 is 10.2. The number of rotatable bonds is 3. The SMILES string of the molecule is O=C(O)c1coc(Oc2ccccc2)c1. The lowest BCUT2D eigenvalue weighted by Crippen LogP contribution is -1.91. The van der Waals surface area contributed by atoms with Gasteiger partial charge in [0.25, 0.3) is 5.95 Å². The van der Waals surface area contributed by atoms with Gasteiger partial charge in [-0.15, -0.1) is 0 Å². The summed E-state index contributed by atoms with van der Waals surface area (Å²) in [5.41, 5.74) is 0.0703. The molecule has 1 aromatic heterocycles. The third-order valence-corrected chi connectivity index (χ3v) is 1.78. The van der Waals surface area contributed by atoms with Gasteiger partial charge in [-0.3, -0.25) is 0 Å². The van der Waals surface area contributed by atoms with E-state index in [0.29, 0.717) is 5.75 Å². The molecule has 0 saturated heterocycles. The molecule has 76 valence electrons. The van der Waals surface area contributed by atoms with Crippen LogP contribution in [0.4, 0.5) is 0 Å². The zero-order chi connectivity index (χ0) is 10.7. The van der Waals surface area contributed by atoms with Crippen molar-refractivity contribution in [1.82, 2.24) is 0 Å². The second kappa shape index (κ2) is 3.88. The van der Waals surface area contributed by atoms with Crippen molar-refractivity contribution in [2.75, 3.05) is 0 Å². The number of hydrogen-bond acceptors (Lipinski definition) is 3. The highest BCUT2D eigenvalue weighted by molar-refractivity contribution is 5.87. The molecular weight excluding hydrogens is 196 g/mol. The Labute approximate surface area is 85.7 Å². The van der Waals surface area contributed by atoms with Crippen molar-refractivity contribution < 1.29 is 19.1 Å². The van der Waals surface area contributed by atoms with Crippen LogP contribution in [0.15, 0.2) is 47.1 Å². The van der Waals surface area contributed by atoms with Crippen molar-refractivity contribution in [3.05, 3.63) is 48.2 Å². The van der Waals surface area contributed by atoms with Gasteiger partial charge in [0.15, 0.2) is 0 Å². The Morgan fingerprint density at radius 2 is 2.00 bits per heavy atom. The molecule has 15 heavy (non-hydrogen) atoms. The number of benzene rings is 1. The first kappa shape index (κ1) is 9.33. The molecule has 1 aromatic carbocycles. The fourth-order valence-electron chi connectivity index (χ4n) is 1.09. The molecule has 4 heteroatoms. The van der Waals surface area contributed by atoms with E-state index in [1.165, 1.54) is 6.07 Å². The average Bonchev–Trinajstić information content (AvgIpc) is 2.68. The molecule has 0 unspecified atom stereocenters. The van der Waals surface area contributed by atoms with Crippen molar-refractivity contribution in [2.45, 2.75) is 0 Å². The lowest BCUT2D eigenvalue weighted by Gasteiger charge is -1.99. The first-order valence-electron chi connectivity index (χ1n) is 4.30. The van der Waals surface area contributed by atoms with Crippen LogP contribution in [0.5, 0.6) is 11.7 Å². The Hall–Kier alpha value is -2.23. The van der Waals surface area contributed by atoms with Crippen molar-refractivity contribution in [2.24, 2.45) is 0 Å². The van der Waals surface area contributed by atoms with Gasteiger partial charge in [-0.1, -0.05) is 18.2 Å². The largest absolute Gasteiger partial charge is 0.478 e. The molecule has 0 amide bonds. The Bertz CT molecular complexity index is 458. The standard InChI is InChI=1S/C11H8O4/c12-11(13)8-6-10(14-7-8)15-9-4-2-1-3-5-9/h1-7H,(H,12,13). The van der Waals surface area contributed by atoms with Crippen molar-refractivity contribution in [3.63, 3.8) is 0 Å². The predicted octanol–water partition coefficient (Wildman–Crippen LogP) is 2.77. The quantitative estimate of drug-likeness (QED) is 0.835. The monoisotopic (exact) mass is 204 g/mol. The molecule has 0 radical (unpaired) electrons. The van der Waals surface area contributed by atoms with Crippen LogP contribution in [0.2, 0.25) is 0 Å². The summed E-state index contributed by atoms with van der Waals surface area (Å²) in [6, 6.07) is 10.3. The number of carboxylic acids is 1. The number of ether oxygens (including phenoxy) is 1. The Kier molecular flexibility index (Phi) is 2.41. The first-order valence-corrected chi connectivity index (χ1v) is 4.30. The van der Waals surface area contributed by atoms with Crippen LogP contribution in [0.3, 0.4) is 0 Å². The molecule has 0 aliphatic heterocycles. The van der Waals surface area contributed by atoms with E-state index in [9.17, 15) is 4.79 Å². The van der Waals surface area contributed by atoms with Gasteiger partial charge in [-0.05, 0) is 12.1 Å². The Morgan fingerprint density at radius 1 is 1.27 bits per heavy atom. The van der Waals surface area contributed by atoms with Crippen molar-refractivity contribution in [3.8, 4) is 11.7 Å². The van der Waals surface area contributed by atoms with E-state index >= 15 is 0 Å². The molecule has 2 aromatic rings. The van der Waals surface area contributed by atoms with Crippen LogP contribution in [-0.4, -0.2) is 11.1 Å². The summed E-state index contributed by atoms with van der Waals surface area (Å²) in [5, 5.41) is 8.65. The number of carboxylic acid groups (broad SMARTS) is 1. The molecule has 0 aliphatic rings. The summed E-state index contributed by atoms with van der Waals surface area (Å²) in [7, 11) is 0. The Morgan fingerprint density at radius 3 is 2.60 bits per heavy atom. The highest BCUT2D eigenvalue weighted by Crippen LogP contribution is 2.23. The van der Waals surface area contributed by atoms with Crippen LogP contribution in [0.1, 0.15) is 10.4 Å². The maximum absolute atomic E-state index is 10.6. The minimum Gasteiger partial charge on any atom is -0.478 e. The summed E-state index contributed by atoms with van der Waals surface area (Å²) in [6.07, 6.45) is 1.14. The third-order valence-electron chi connectivity index (χ3n) is 1.78. The normalized spacial score (nSPS) is 9.87. The Balaban J connectivity index is 2.15. The number of aromatic carboxylic acids is 1. The minimum absolute atomic E-state index is 0.0703. The zero-order valence-electron chi connectivity index (χ0n) is 7.71. The molecule has 2 rings (SSSR count). The lowest BCUT2D eigenvalue weighted by atomic mass is 10.3. The summed E-state index contributed by atoms with van der Waals surface area (Å²) in [6.45, 7) is 0. The molecule has 1 heterocycles. The second-order valence-corrected chi connectivity index (χ2v) is 2.87. The average molecular weight is 204 g/mol. The molecule has 4 nitrogen and oxygen atoms in total. The minimum atomic E-state index is -1.04. The van der Waals surface area contributed by atoms with Crippen molar-refractivity contribution in [1.29, 1.82) is 0 Å². The van der Waals surface area contributed by atoms with Gasteiger partial charge in [0.05, 0.1) is 0 Å². The molecular formula is C11H8O4. The van der Waals surface area contributed by atoms with Crippen LogP contribution < -0.4 is 4.74 Å². The molecule has 0 aliphatic carbocycles. The fourth-order valence-corrected chi connectivity index (χ4v) is 1.09. The molecule has 0 spiro atoms. The van der Waals surface area contributed by atoms with E-state index in [0.717, 1.165) is 6.26 Å². The van der Waals surface area contributed by atoms with E-state index in [2.05, 4.69) is 0 Å². The smallest absolute Gasteiger partial charge is 0.339 e. The highest BCUT2D eigenvalue weighted by atomic mass is 16.6. The number of hydrogen-bond donors (Lipinski definition) is 1. The summed E-state index contributed by atoms with van der Waals surface area (Å²) >= 11 is 0. The molecule has 0 bridgehead atoms. The van der Waals surface area contributed by atoms with Gasteiger partial charge in [-0.2, -0.15) is 0 Å². The van der Waals surface area contributed by atoms with Gasteiger partial charge in [0, 0.05) is 6.07 Å². The van der Waals surface area contributed by atoms with E-state index in [4.69, 9.17) is 14.3 Å². The molecule has 0 fully saturated rings. The van der Waals surface area contributed by atoms with Crippen LogP contribution in [0.25, 0.3) is 0 Å². The summed E-state index contributed by atoms with van der Waals surface area (Å²) in [4.78, 5) is 10.6. The van der Waals surface area contributed by atoms with Crippen molar-refractivity contribution >= 4 is 5.97 Å². The number of carbonyl (C=O) groups is 1. The lowest BCUT2D eigenvalue weighted by molar-refractivity contribution is 0.0696. The molecule has 0 atom stereocenters. The highest BCUT2D eigenvalue weighted by Gasteiger charge is 2.09. The van der Waals surface area contributed by atoms with Crippen LogP contribution in [-0.2, 0) is 0 Å². The van der Waals surface area contributed by atoms with Gasteiger partial charge in [0.2, 0.25) is 0 Å². The van der Waals surface area contributed by atoms with E-state index in [-0.39, 0.29) is 11.5 Å². The fraction of sp³-hybridized carbons (Fsp3) is 0. The maximum Gasteiger partial charge on any atom is 0.339 e. The van der Waals surface area contributed by atoms with Gasteiger partial charge in [-0.25, -0.2) is 4.79 Å². The predicted molar refractivity (Wildman–Crippen MR) is 52.2 cm³/mol. The summed E-state index contributed by atoms with van der Waals surface area (Å²) in [5.74, 6) is -0.274. The maximum atomic E-state index is 10.6. The van der Waals surface area contributed by atoms with E-state index in [1.807, 2.05) is 18.2 Å². The van der Waals surface area contributed by atoms with Crippen LogP contribution in [0, 0.1) is 0 Å². The topological polar surface area (TPSA) is 59.7 Å². The van der Waals surface area contributed by atoms with Gasteiger partial charge >= 0.3 is 5.97 Å². The van der Waals surface area contributed by atoms with Gasteiger partial charge in [0.1, 0.15) is 17.6 Å².